The maximum Gasteiger partial charge on any atom is 0.305 e. The summed E-state index contributed by atoms with van der Waals surface area (Å²) in [5.74, 6) is -2.33. The van der Waals surface area contributed by atoms with Gasteiger partial charge in [-0.1, -0.05) is 12.1 Å². The maximum absolute atomic E-state index is 15.2. The van der Waals surface area contributed by atoms with Gasteiger partial charge < -0.3 is 13.9 Å². The molecule has 0 amide bonds. The van der Waals surface area contributed by atoms with E-state index < -0.39 is 29.8 Å². The summed E-state index contributed by atoms with van der Waals surface area (Å²) in [4.78, 5) is 34.6. The molecule has 0 atom stereocenters. The molecule has 0 bridgehead atoms. The molecule has 0 radical (unpaired) electrons. The summed E-state index contributed by atoms with van der Waals surface area (Å²) >= 11 is 0. The van der Waals surface area contributed by atoms with Crippen LogP contribution in [0.25, 0.3) is 33.4 Å². The Morgan fingerprint density at radius 3 is 2.41 bits per heavy atom. The van der Waals surface area contributed by atoms with E-state index in [0.29, 0.717) is 33.9 Å². The Bertz CT molecular complexity index is 1500. The lowest BCUT2D eigenvalue weighted by atomic mass is 9.88. The molecule has 2 aromatic rings. The number of esters is 1. The van der Waals surface area contributed by atoms with Gasteiger partial charge in [0.2, 0.25) is 12.2 Å². The summed E-state index contributed by atoms with van der Waals surface area (Å²) in [7, 11) is 0. The fourth-order valence-electron chi connectivity index (χ4n) is 4.05. The van der Waals surface area contributed by atoms with Gasteiger partial charge in [-0.2, -0.15) is 0 Å². The first kappa shape index (κ1) is 23.1. The highest BCUT2D eigenvalue weighted by Crippen LogP contribution is 2.45. The molecule has 0 fully saturated rings. The SMILES string of the molecule is CC(=O)OCOc1c(F)cc2c(-c3ccc(C=O)cc3C)c3cc(F)c(=O)c(C)c-3oc2c1C. The van der Waals surface area contributed by atoms with Crippen LogP contribution in [0.5, 0.6) is 5.75 Å². The van der Waals surface area contributed by atoms with Crippen LogP contribution in [0.3, 0.4) is 0 Å². The minimum atomic E-state index is -0.957. The molecule has 2 aliphatic rings. The molecule has 0 aromatic heterocycles. The molecule has 1 aliphatic carbocycles. The Balaban J connectivity index is 2.12. The molecular weight excluding hydrogens is 446 g/mol. The summed E-state index contributed by atoms with van der Waals surface area (Å²) in [6.07, 6.45) is 0.706. The number of carbonyl (C=O) groups excluding carboxylic acids is 2. The molecule has 6 nitrogen and oxygen atoms in total. The first-order valence-corrected chi connectivity index (χ1v) is 10.3. The number of hydrogen-bond donors (Lipinski definition) is 0. The van der Waals surface area contributed by atoms with Crippen LogP contribution in [0.1, 0.15) is 34.0 Å². The Kier molecular flexibility index (Phi) is 5.91. The molecule has 2 aromatic carbocycles. The number of ether oxygens (including phenoxy) is 2. The Morgan fingerprint density at radius 1 is 1.03 bits per heavy atom. The third kappa shape index (κ3) is 3.81. The van der Waals surface area contributed by atoms with E-state index in [4.69, 9.17) is 13.9 Å². The number of rotatable bonds is 5. The van der Waals surface area contributed by atoms with Crippen molar-refractivity contribution in [3.05, 3.63) is 74.4 Å². The van der Waals surface area contributed by atoms with Gasteiger partial charge in [0.05, 0.1) is 0 Å². The van der Waals surface area contributed by atoms with E-state index in [2.05, 4.69) is 0 Å². The molecule has 0 unspecified atom stereocenters. The molecule has 174 valence electrons. The van der Waals surface area contributed by atoms with Crippen LogP contribution in [0, 0.1) is 32.4 Å². The topological polar surface area (TPSA) is 82.8 Å². The third-order valence-corrected chi connectivity index (χ3v) is 5.69. The van der Waals surface area contributed by atoms with Crippen LogP contribution in [0.2, 0.25) is 0 Å². The van der Waals surface area contributed by atoms with Crippen molar-refractivity contribution in [3.8, 4) is 28.2 Å². The van der Waals surface area contributed by atoms with E-state index in [-0.39, 0.29) is 33.8 Å². The molecule has 34 heavy (non-hydrogen) atoms. The van der Waals surface area contributed by atoms with E-state index in [1.165, 1.54) is 19.9 Å². The summed E-state index contributed by atoms with van der Waals surface area (Å²) in [6, 6.07) is 7.21. The van der Waals surface area contributed by atoms with Crippen LogP contribution in [-0.4, -0.2) is 19.0 Å². The van der Waals surface area contributed by atoms with Crippen molar-refractivity contribution < 1.29 is 32.3 Å². The van der Waals surface area contributed by atoms with E-state index >= 15 is 4.39 Å². The second-order valence-electron chi connectivity index (χ2n) is 7.95. The fraction of sp³-hybridized carbons (Fsp3) is 0.192. The molecule has 0 N–H and O–H groups in total. The van der Waals surface area contributed by atoms with Crippen molar-refractivity contribution in [1.82, 2.24) is 0 Å². The Labute approximate surface area is 193 Å². The molecule has 0 saturated carbocycles. The number of fused-ring (bicyclic) bond motifs is 2. The van der Waals surface area contributed by atoms with Crippen molar-refractivity contribution in [2.75, 3.05) is 6.79 Å². The number of carbonyl (C=O) groups is 2. The van der Waals surface area contributed by atoms with Gasteiger partial charge in [0, 0.05) is 40.1 Å². The lowest BCUT2D eigenvalue weighted by Crippen LogP contribution is -2.13. The Morgan fingerprint density at radius 2 is 1.76 bits per heavy atom. The number of aldehydes is 1. The zero-order valence-electron chi connectivity index (χ0n) is 18.9. The zero-order valence-corrected chi connectivity index (χ0v) is 18.9. The second kappa shape index (κ2) is 8.70. The molecule has 4 rings (SSSR count). The molecule has 1 heterocycles. The lowest BCUT2D eigenvalue weighted by Gasteiger charge is -2.20. The largest absolute Gasteiger partial charge is 0.455 e. The average Bonchev–Trinajstić information content (AvgIpc) is 2.79. The normalized spacial score (nSPS) is 11.1. The van der Waals surface area contributed by atoms with Crippen molar-refractivity contribution in [3.63, 3.8) is 0 Å². The highest BCUT2D eigenvalue weighted by Gasteiger charge is 2.26. The van der Waals surface area contributed by atoms with E-state index in [9.17, 15) is 18.8 Å². The van der Waals surface area contributed by atoms with Gasteiger partial charge in [0.1, 0.15) is 17.6 Å². The highest BCUT2D eigenvalue weighted by atomic mass is 19.1. The average molecular weight is 466 g/mol. The highest BCUT2D eigenvalue weighted by molar-refractivity contribution is 6.04. The first-order valence-electron chi connectivity index (χ1n) is 10.3. The van der Waals surface area contributed by atoms with Crippen molar-refractivity contribution in [1.29, 1.82) is 0 Å². The predicted molar refractivity (Wildman–Crippen MR) is 121 cm³/mol. The van der Waals surface area contributed by atoms with Gasteiger partial charge in [-0.3, -0.25) is 14.4 Å². The molecule has 0 saturated heterocycles. The van der Waals surface area contributed by atoms with Crippen LogP contribution in [-0.2, 0) is 9.53 Å². The van der Waals surface area contributed by atoms with Crippen LogP contribution in [0.15, 0.2) is 39.5 Å². The summed E-state index contributed by atoms with van der Waals surface area (Å²) in [5.41, 5.74) is 2.23. The molecule has 1 aliphatic heterocycles. The van der Waals surface area contributed by atoms with Crippen molar-refractivity contribution >= 4 is 23.2 Å². The minimum Gasteiger partial charge on any atom is -0.455 e. The minimum absolute atomic E-state index is 0.0615. The van der Waals surface area contributed by atoms with Crippen LogP contribution in [0.4, 0.5) is 8.78 Å². The number of hydrogen-bond acceptors (Lipinski definition) is 6. The number of benzene rings is 3. The van der Waals surface area contributed by atoms with Crippen molar-refractivity contribution in [2.45, 2.75) is 27.7 Å². The first-order chi connectivity index (χ1) is 16.1. The van der Waals surface area contributed by atoms with Gasteiger partial charge >= 0.3 is 5.97 Å². The smallest absolute Gasteiger partial charge is 0.305 e. The number of halogens is 2. The van der Waals surface area contributed by atoms with Gasteiger partial charge in [-0.05, 0) is 50.1 Å². The predicted octanol–water partition coefficient (Wildman–Crippen LogP) is 5.48. The van der Waals surface area contributed by atoms with Gasteiger partial charge in [-0.15, -0.1) is 0 Å². The van der Waals surface area contributed by atoms with E-state index in [0.717, 1.165) is 6.07 Å². The van der Waals surface area contributed by atoms with Gasteiger partial charge in [0.15, 0.2) is 17.4 Å². The monoisotopic (exact) mass is 466 g/mol. The molecular formula is C26H20F2O6. The van der Waals surface area contributed by atoms with Crippen molar-refractivity contribution in [2.24, 2.45) is 0 Å². The van der Waals surface area contributed by atoms with E-state index in [1.807, 2.05) is 0 Å². The third-order valence-electron chi connectivity index (χ3n) is 5.69. The number of aryl methyl sites for hydroxylation is 2. The van der Waals surface area contributed by atoms with Crippen LogP contribution >= 0.6 is 0 Å². The van der Waals surface area contributed by atoms with Gasteiger partial charge in [-0.25, -0.2) is 8.78 Å². The fourth-order valence-corrected chi connectivity index (χ4v) is 4.05. The molecule has 0 spiro atoms. The standard InChI is InChI=1S/C26H20F2O6/c1-12-7-16(10-29)5-6-17(12)22-18-8-20(27)23(31)13(2)24(18)34-25-14(3)26(21(28)9-19(22)25)33-11-32-15(4)30/h5-10H,11H2,1-4H3. The summed E-state index contributed by atoms with van der Waals surface area (Å²) in [5, 5.41) is 0.321. The second-order valence-corrected chi connectivity index (χ2v) is 7.95. The Hall–Kier alpha value is -4.07. The summed E-state index contributed by atoms with van der Waals surface area (Å²) in [6.45, 7) is 5.48. The molecule has 8 heteroatoms. The van der Waals surface area contributed by atoms with Crippen LogP contribution < -0.4 is 10.2 Å². The lowest BCUT2D eigenvalue weighted by molar-refractivity contribution is -0.147. The van der Waals surface area contributed by atoms with Gasteiger partial charge in [0.25, 0.3) is 0 Å². The maximum atomic E-state index is 15.2. The summed E-state index contributed by atoms with van der Waals surface area (Å²) < 4.78 is 45.8. The van der Waals surface area contributed by atoms with E-state index in [1.54, 1.807) is 32.0 Å². The quantitative estimate of drug-likeness (QED) is 0.168. The zero-order chi connectivity index (χ0) is 24.7.